The number of amides is 1. The van der Waals surface area contributed by atoms with Gasteiger partial charge < -0.3 is 35.2 Å². The lowest BCUT2D eigenvalue weighted by atomic mass is 9.78. The SMILES string of the molecule is CC1(C)C(COC2OC(CO)C(O)C(O)C2O)=CC(=O)C2=C1SCC(=O)N2. The van der Waals surface area contributed by atoms with Crippen LogP contribution in [-0.4, -0.2) is 81.8 Å². The van der Waals surface area contributed by atoms with Crippen LogP contribution < -0.4 is 5.32 Å². The zero-order valence-electron chi connectivity index (χ0n) is 14.9. The Morgan fingerprint density at radius 2 is 1.96 bits per heavy atom. The minimum atomic E-state index is -1.53. The van der Waals surface area contributed by atoms with E-state index in [2.05, 4.69) is 5.32 Å². The molecule has 1 amide bonds. The number of ether oxygens (including phenoxy) is 2. The minimum Gasteiger partial charge on any atom is -0.394 e. The first kappa shape index (κ1) is 20.5. The Morgan fingerprint density at radius 1 is 1.26 bits per heavy atom. The Morgan fingerprint density at radius 3 is 2.63 bits per heavy atom. The zero-order valence-corrected chi connectivity index (χ0v) is 15.7. The summed E-state index contributed by atoms with van der Waals surface area (Å²) in [7, 11) is 0. The Balaban J connectivity index is 1.74. The van der Waals surface area contributed by atoms with Crippen molar-refractivity contribution in [3.8, 4) is 0 Å². The van der Waals surface area contributed by atoms with E-state index in [1.165, 1.54) is 17.8 Å². The highest BCUT2D eigenvalue weighted by Gasteiger charge is 2.45. The van der Waals surface area contributed by atoms with Crippen molar-refractivity contribution in [3.05, 3.63) is 22.3 Å². The van der Waals surface area contributed by atoms with Crippen LogP contribution in [0.3, 0.4) is 0 Å². The topological polar surface area (TPSA) is 146 Å². The van der Waals surface area contributed by atoms with Crippen molar-refractivity contribution >= 4 is 23.5 Å². The highest BCUT2D eigenvalue weighted by Crippen LogP contribution is 2.47. The number of ketones is 1. The number of nitrogens with one attached hydrogen (secondary N) is 1. The summed E-state index contributed by atoms with van der Waals surface area (Å²) >= 11 is 1.30. The summed E-state index contributed by atoms with van der Waals surface area (Å²) in [6.45, 7) is 3.15. The van der Waals surface area contributed by atoms with E-state index >= 15 is 0 Å². The van der Waals surface area contributed by atoms with E-state index in [1.807, 2.05) is 13.8 Å². The van der Waals surface area contributed by atoms with Gasteiger partial charge in [-0.15, -0.1) is 11.8 Å². The van der Waals surface area contributed by atoms with E-state index in [9.17, 15) is 30.0 Å². The molecule has 5 unspecified atom stereocenters. The van der Waals surface area contributed by atoms with E-state index in [1.54, 1.807) is 0 Å². The van der Waals surface area contributed by atoms with Crippen molar-refractivity contribution in [1.82, 2.24) is 5.32 Å². The second kappa shape index (κ2) is 7.63. The lowest BCUT2D eigenvalue weighted by Gasteiger charge is -2.41. The fraction of sp³-hybridized carbons (Fsp3) is 0.647. The third kappa shape index (κ3) is 3.70. The van der Waals surface area contributed by atoms with Gasteiger partial charge in [0.25, 0.3) is 0 Å². The molecule has 27 heavy (non-hydrogen) atoms. The van der Waals surface area contributed by atoms with Crippen LogP contribution >= 0.6 is 11.8 Å². The molecule has 0 aromatic heterocycles. The molecule has 150 valence electrons. The molecule has 3 aliphatic rings. The maximum Gasteiger partial charge on any atom is 0.234 e. The van der Waals surface area contributed by atoms with Gasteiger partial charge >= 0.3 is 0 Å². The quantitative estimate of drug-likeness (QED) is 0.376. The third-order valence-corrected chi connectivity index (χ3v) is 6.42. The maximum absolute atomic E-state index is 12.4. The number of carbonyl (C=O) groups is 2. The lowest BCUT2D eigenvalue weighted by molar-refractivity contribution is -0.299. The minimum absolute atomic E-state index is 0.0767. The molecular formula is C17H23NO8S. The molecule has 5 atom stereocenters. The van der Waals surface area contributed by atoms with Crippen LogP contribution in [0.1, 0.15) is 13.8 Å². The molecule has 1 aliphatic carbocycles. The van der Waals surface area contributed by atoms with Crippen molar-refractivity contribution in [2.75, 3.05) is 19.0 Å². The Bertz CT molecular complexity index is 701. The van der Waals surface area contributed by atoms with Crippen LogP contribution in [0.4, 0.5) is 0 Å². The average Bonchev–Trinajstić information content (AvgIpc) is 2.63. The second-order valence-corrected chi connectivity index (χ2v) is 8.19. The second-order valence-electron chi connectivity index (χ2n) is 7.21. The molecular weight excluding hydrogens is 378 g/mol. The molecule has 0 spiro atoms. The van der Waals surface area contributed by atoms with Crippen LogP contribution in [-0.2, 0) is 19.1 Å². The number of allylic oxidation sites excluding steroid dienone is 2. The fourth-order valence-corrected chi connectivity index (χ4v) is 4.40. The standard InChI is InChI=1S/C17H23NO8S/c1-17(2)7(3-8(20)11-15(17)27-6-10(21)18-11)5-25-16-14(24)13(23)12(22)9(4-19)26-16/h3,9,12-14,16,19,22-24H,4-6H2,1-2H3,(H,18,21). The van der Waals surface area contributed by atoms with E-state index in [4.69, 9.17) is 9.47 Å². The molecule has 2 heterocycles. The van der Waals surface area contributed by atoms with Gasteiger partial charge in [0.05, 0.1) is 24.7 Å². The Hall–Kier alpha value is -1.27. The van der Waals surface area contributed by atoms with Crippen LogP contribution in [0.25, 0.3) is 0 Å². The summed E-state index contributed by atoms with van der Waals surface area (Å²) < 4.78 is 10.9. The van der Waals surface area contributed by atoms with E-state index in [0.29, 0.717) is 5.57 Å². The molecule has 1 fully saturated rings. The first-order valence-electron chi connectivity index (χ1n) is 8.51. The first-order chi connectivity index (χ1) is 12.7. The molecule has 0 radical (unpaired) electrons. The van der Waals surface area contributed by atoms with Gasteiger partial charge in [-0.05, 0) is 11.6 Å². The number of hydrogen-bond donors (Lipinski definition) is 5. The summed E-state index contributed by atoms with van der Waals surface area (Å²) in [6, 6.07) is 0. The predicted octanol–water partition coefficient (Wildman–Crippen LogP) is -1.59. The third-order valence-electron chi connectivity index (χ3n) is 5.01. The molecule has 5 N–H and O–H groups in total. The summed E-state index contributed by atoms with van der Waals surface area (Å²) in [6.07, 6.45) is -5.47. The molecule has 0 bridgehead atoms. The molecule has 3 rings (SSSR count). The van der Waals surface area contributed by atoms with Gasteiger partial charge in [-0.1, -0.05) is 13.8 Å². The fourth-order valence-electron chi connectivity index (χ4n) is 3.26. The van der Waals surface area contributed by atoms with Gasteiger partial charge in [-0.3, -0.25) is 9.59 Å². The number of hydrogen-bond acceptors (Lipinski definition) is 9. The number of thioether (sulfide) groups is 1. The van der Waals surface area contributed by atoms with Crippen molar-refractivity contribution in [2.45, 2.75) is 44.6 Å². The zero-order chi connectivity index (χ0) is 19.9. The van der Waals surface area contributed by atoms with Crippen molar-refractivity contribution < 1.29 is 39.5 Å². The number of carbonyl (C=O) groups excluding carboxylic acids is 2. The monoisotopic (exact) mass is 401 g/mol. The average molecular weight is 401 g/mol. The van der Waals surface area contributed by atoms with Gasteiger partial charge in [0.15, 0.2) is 6.29 Å². The van der Waals surface area contributed by atoms with Gasteiger partial charge in [0.1, 0.15) is 24.4 Å². The number of aliphatic hydroxyl groups is 4. The van der Waals surface area contributed by atoms with Gasteiger partial charge in [0.2, 0.25) is 11.7 Å². The van der Waals surface area contributed by atoms with Gasteiger partial charge in [-0.2, -0.15) is 0 Å². The van der Waals surface area contributed by atoms with E-state index in [-0.39, 0.29) is 29.7 Å². The number of aliphatic hydroxyl groups excluding tert-OH is 4. The maximum atomic E-state index is 12.4. The van der Waals surface area contributed by atoms with Gasteiger partial charge in [0, 0.05) is 10.3 Å². The molecule has 10 heteroatoms. The van der Waals surface area contributed by atoms with E-state index in [0.717, 1.165) is 4.91 Å². The Kier molecular flexibility index (Phi) is 5.78. The highest BCUT2D eigenvalue weighted by molar-refractivity contribution is 8.03. The summed E-state index contributed by atoms with van der Waals surface area (Å²) in [5.74, 6) is -0.342. The van der Waals surface area contributed by atoms with Crippen LogP contribution in [0, 0.1) is 5.41 Å². The largest absolute Gasteiger partial charge is 0.394 e. The molecule has 2 aliphatic heterocycles. The molecule has 1 saturated heterocycles. The van der Waals surface area contributed by atoms with Gasteiger partial charge in [-0.25, -0.2) is 0 Å². The molecule has 0 aromatic carbocycles. The summed E-state index contributed by atoms with van der Waals surface area (Å²) in [5, 5.41) is 41.6. The van der Waals surface area contributed by atoms with Crippen molar-refractivity contribution in [1.29, 1.82) is 0 Å². The molecule has 0 aromatic rings. The Labute approximate surface area is 160 Å². The lowest BCUT2D eigenvalue weighted by Crippen LogP contribution is -2.59. The smallest absolute Gasteiger partial charge is 0.234 e. The van der Waals surface area contributed by atoms with Crippen LogP contribution in [0.5, 0.6) is 0 Å². The van der Waals surface area contributed by atoms with Crippen LogP contribution in [0.2, 0.25) is 0 Å². The highest BCUT2D eigenvalue weighted by atomic mass is 32.2. The number of rotatable bonds is 4. The normalized spacial score (nSPS) is 36.2. The van der Waals surface area contributed by atoms with Crippen LogP contribution in [0.15, 0.2) is 22.3 Å². The van der Waals surface area contributed by atoms with Crippen molar-refractivity contribution in [3.63, 3.8) is 0 Å². The molecule has 9 nitrogen and oxygen atoms in total. The van der Waals surface area contributed by atoms with Crippen molar-refractivity contribution in [2.24, 2.45) is 5.41 Å². The first-order valence-corrected chi connectivity index (χ1v) is 9.50. The predicted molar refractivity (Wildman–Crippen MR) is 94.2 cm³/mol. The summed E-state index contributed by atoms with van der Waals surface area (Å²) in [5.41, 5.74) is 0.306. The molecule has 0 saturated carbocycles. The van der Waals surface area contributed by atoms with E-state index < -0.39 is 42.7 Å². The summed E-state index contributed by atoms with van der Waals surface area (Å²) in [4.78, 5) is 24.7.